The van der Waals surface area contributed by atoms with E-state index in [2.05, 4.69) is 4.98 Å². The van der Waals surface area contributed by atoms with Gasteiger partial charge in [-0.3, -0.25) is 4.79 Å². The molecule has 1 aliphatic heterocycles. The van der Waals surface area contributed by atoms with Crippen molar-refractivity contribution >= 4 is 17.6 Å². The zero-order chi connectivity index (χ0) is 15.5. The molecule has 0 N–H and O–H groups in total. The number of esters is 1. The third kappa shape index (κ3) is 2.57. The van der Waals surface area contributed by atoms with E-state index in [9.17, 15) is 9.59 Å². The first-order valence-electron chi connectivity index (χ1n) is 7.24. The summed E-state index contributed by atoms with van der Waals surface area (Å²) in [5.74, 6) is -0.713. The van der Waals surface area contributed by atoms with Gasteiger partial charge in [0.15, 0.2) is 0 Å². The number of carbonyl (C=O) groups is 2. The highest BCUT2D eigenvalue weighted by atomic mass is 16.5. The van der Waals surface area contributed by atoms with Crippen LogP contribution in [-0.2, 0) is 11.2 Å². The molecule has 0 radical (unpaired) electrons. The van der Waals surface area contributed by atoms with Crippen molar-refractivity contribution in [2.24, 2.45) is 0 Å². The van der Waals surface area contributed by atoms with Crippen molar-refractivity contribution in [1.29, 1.82) is 0 Å². The molecule has 0 fully saturated rings. The summed E-state index contributed by atoms with van der Waals surface area (Å²) in [4.78, 5) is 30.2. The van der Waals surface area contributed by atoms with Gasteiger partial charge < -0.3 is 9.64 Å². The Morgan fingerprint density at radius 1 is 1.14 bits per heavy atom. The van der Waals surface area contributed by atoms with Gasteiger partial charge in [-0.05, 0) is 37.1 Å². The number of carbonyl (C=O) groups excluding carboxylic acids is 2. The molecule has 1 aromatic heterocycles. The maximum Gasteiger partial charge on any atom is 0.356 e. The van der Waals surface area contributed by atoms with Gasteiger partial charge in [-0.25, -0.2) is 9.78 Å². The van der Waals surface area contributed by atoms with Crippen molar-refractivity contribution in [2.45, 2.75) is 13.3 Å². The summed E-state index contributed by atoms with van der Waals surface area (Å²) in [7, 11) is 0. The number of para-hydroxylation sites is 1. The van der Waals surface area contributed by atoms with Gasteiger partial charge in [-0.15, -0.1) is 0 Å². The first kappa shape index (κ1) is 14.3. The number of hydrogen-bond donors (Lipinski definition) is 0. The zero-order valence-corrected chi connectivity index (χ0v) is 12.3. The lowest BCUT2D eigenvalue weighted by Crippen LogP contribution is -2.30. The Morgan fingerprint density at radius 2 is 1.91 bits per heavy atom. The highest BCUT2D eigenvalue weighted by Crippen LogP contribution is 2.28. The van der Waals surface area contributed by atoms with E-state index in [1.807, 2.05) is 24.3 Å². The Morgan fingerprint density at radius 3 is 2.73 bits per heavy atom. The monoisotopic (exact) mass is 296 g/mol. The van der Waals surface area contributed by atoms with E-state index in [-0.39, 0.29) is 23.9 Å². The lowest BCUT2D eigenvalue weighted by atomic mass is 10.2. The lowest BCUT2D eigenvalue weighted by molar-refractivity contribution is 0.0519. The molecule has 5 nitrogen and oxygen atoms in total. The zero-order valence-electron chi connectivity index (χ0n) is 12.3. The summed E-state index contributed by atoms with van der Waals surface area (Å²) in [6, 6.07) is 12.6. The molecule has 0 saturated heterocycles. The second-order valence-corrected chi connectivity index (χ2v) is 4.96. The Kier molecular flexibility index (Phi) is 3.87. The van der Waals surface area contributed by atoms with Gasteiger partial charge in [-0.2, -0.15) is 0 Å². The molecule has 22 heavy (non-hydrogen) atoms. The van der Waals surface area contributed by atoms with Crippen LogP contribution in [0.1, 0.15) is 33.5 Å². The molecule has 0 aliphatic carbocycles. The van der Waals surface area contributed by atoms with Gasteiger partial charge in [0.1, 0.15) is 11.4 Å². The molecule has 0 saturated carbocycles. The van der Waals surface area contributed by atoms with Crippen LogP contribution >= 0.6 is 0 Å². The van der Waals surface area contributed by atoms with Crippen LogP contribution in [0.15, 0.2) is 42.5 Å². The fourth-order valence-electron chi connectivity index (χ4n) is 2.56. The first-order chi connectivity index (χ1) is 10.7. The molecule has 0 atom stereocenters. The van der Waals surface area contributed by atoms with E-state index in [0.29, 0.717) is 6.54 Å². The fraction of sp³-hybridized carbons (Fsp3) is 0.235. The SMILES string of the molecule is CCOC(=O)c1cccc(C(=O)N2CCc3ccccc32)n1. The van der Waals surface area contributed by atoms with Gasteiger partial charge in [0.05, 0.1) is 6.61 Å². The van der Waals surface area contributed by atoms with Crippen molar-refractivity contribution in [3.8, 4) is 0 Å². The minimum Gasteiger partial charge on any atom is -0.461 e. The number of aromatic nitrogens is 1. The summed E-state index contributed by atoms with van der Waals surface area (Å²) in [5, 5.41) is 0. The maximum atomic E-state index is 12.7. The van der Waals surface area contributed by atoms with Gasteiger partial charge in [0.25, 0.3) is 5.91 Å². The average Bonchev–Trinajstić information content (AvgIpc) is 2.98. The molecule has 1 aliphatic rings. The number of anilines is 1. The second kappa shape index (κ2) is 5.97. The average molecular weight is 296 g/mol. The predicted octanol–water partition coefficient (Wildman–Crippen LogP) is 2.46. The number of benzene rings is 1. The molecule has 0 spiro atoms. The van der Waals surface area contributed by atoms with E-state index in [0.717, 1.165) is 17.7 Å². The molecule has 3 rings (SSSR count). The molecule has 2 heterocycles. The quantitative estimate of drug-likeness (QED) is 0.816. The smallest absolute Gasteiger partial charge is 0.356 e. The topological polar surface area (TPSA) is 59.5 Å². The predicted molar refractivity (Wildman–Crippen MR) is 82.0 cm³/mol. The first-order valence-corrected chi connectivity index (χ1v) is 7.24. The number of nitrogens with zero attached hydrogens (tertiary/aromatic N) is 2. The van der Waals surface area contributed by atoms with Crippen LogP contribution in [0.4, 0.5) is 5.69 Å². The van der Waals surface area contributed by atoms with Crippen LogP contribution in [0.2, 0.25) is 0 Å². The van der Waals surface area contributed by atoms with Crippen LogP contribution in [0.5, 0.6) is 0 Å². The second-order valence-electron chi connectivity index (χ2n) is 4.96. The largest absolute Gasteiger partial charge is 0.461 e. The summed E-state index contributed by atoms with van der Waals surface area (Å²) < 4.78 is 4.92. The van der Waals surface area contributed by atoms with Crippen LogP contribution < -0.4 is 4.90 Å². The van der Waals surface area contributed by atoms with E-state index < -0.39 is 5.97 Å². The number of ether oxygens (including phenoxy) is 1. The maximum absolute atomic E-state index is 12.7. The summed E-state index contributed by atoms with van der Waals surface area (Å²) in [5.41, 5.74) is 2.47. The minimum absolute atomic E-state index is 0.153. The van der Waals surface area contributed by atoms with Crippen LogP contribution in [0.3, 0.4) is 0 Å². The Bertz CT molecular complexity index is 727. The molecule has 0 unspecified atom stereocenters. The summed E-state index contributed by atoms with van der Waals surface area (Å²) in [6.45, 7) is 2.63. The number of rotatable bonds is 3. The van der Waals surface area contributed by atoms with Crippen molar-refractivity contribution < 1.29 is 14.3 Å². The molecule has 1 aromatic carbocycles. The van der Waals surface area contributed by atoms with Gasteiger partial charge in [-0.1, -0.05) is 24.3 Å². The fourth-order valence-corrected chi connectivity index (χ4v) is 2.56. The Balaban J connectivity index is 1.87. The highest BCUT2D eigenvalue weighted by Gasteiger charge is 2.26. The molecular weight excluding hydrogens is 280 g/mol. The van der Waals surface area contributed by atoms with Crippen LogP contribution in [-0.4, -0.2) is 30.0 Å². The number of pyridine rings is 1. The third-order valence-corrected chi connectivity index (χ3v) is 3.59. The van der Waals surface area contributed by atoms with Crippen LogP contribution in [0, 0.1) is 0 Å². The van der Waals surface area contributed by atoms with Crippen molar-refractivity contribution in [3.05, 3.63) is 59.4 Å². The highest BCUT2D eigenvalue weighted by molar-refractivity contribution is 6.06. The number of amides is 1. The Hall–Kier alpha value is -2.69. The van der Waals surface area contributed by atoms with E-state index >= 15 is 0 Å². The Labute approximate surface area is 128 Å². The van der Waals surface area contributed by atoms with Gasteiger partial charge >= 0.3 is 5.97 Å². The van der Waals surface area contributed by atoms with E-state index in [1.54, 1.807) is 30.0 Å². The van der Waals surface area contributed by atoms with Crippen molar-refractivity contribution in [3.63, 3.8) is 0 Å². The number of fused-ring (bicyclic) bond motifs is 1. The molecule has 112 valence electrons. The molecule has 1 amide bonds. The normalized spacial score (nSPS) is 12.9. The summed E-state index contributed by atoms with van der Waals surface area (Å²) in [6.07, 6.45) is 0.833. The standard InChI is InChI=1S/C17H16N2O3/c1-2-22-17(21)14-8-5-7-13(18-14)16(20)19-11-10-12-6-3-4-9-15(12)19/h3-9H,2,10-11H2,1H3. The summed E-state index contributed by atoms with van der Waals surface area (Å²) >= 11 is 0. The third-order valence-electron chi connectivity index (χ3n) is 3.59. The van der Waals surface area contributed by atoms with E-state index in [1.165, 1.54) is 0 Å². The molecular formula is C17H16N2O3. The molecule has 0 bridgehead atoms. The van der Waals surface area contributed by atoms with Gasteiger partial charge in [0, 0.05) is 12.2 Å². The molecule has 5 heteroatoms. The van der Waals surface area contributed by atoms with E-state index in [4.69, 9.17) is 4.74 Å². The molecule has 2 aromatic rings. The van der Waals surface area contributed by atoms with Crippen molar-refractivity contribution in [2.75, 3.05) is 18.1 Å². The van der Waals surface area contributed by atoms with Crippen LogP contribution in [0.25, 0.3) is 0 Å². The van der Waals surface area contributed by atoms with Gasteiger partial charge in [0.2, 0.25) is 0 Å². The number of hydrogen-bond acceptors (Lipinski definition) is 4. The minimum atomic E-state index is -0.515. The van der Waals surface area contributed by atoms with Crippen molar-refractivity contribution in [1.82, 2.24) is 4.98 Å². The lowest BCUT2D eigenvalue weighted by Gasteiger charge is -2.17.